The Morgan fingerprint density at radius 1 is 0.947 bits per heavy atom. The molecule has 0 fully saturated rings. The number of allylic oxidation sites excluding steroid dienone is 4. The third-order valence-corrected chi connectivity index (χ3v) is 9.51. The standard InChI is InChI=1S/C9H13.C4H10N.2CH3.2ClH.Ti/c1-6-5-7(2)9(4)8(6)3;1-4(2,3)5;;;;;/h6H,1-4H3;5H,1-3H3;2*1H3;2*1H;/q;-1;;;;;+1. The van der Waals surface area contributed by atoms with E-state index in [1.54, 1.807) is 15.0 Å². The van der Waals surface area contributed by atoms with Crippen LogP contribution in [0.25, 0.3) is 0 Å². The summed E-state index contributed by atoms with van der Waals surface area (Å²) in [5.41, 5.74) is 4.89. The summed E-state index contributed by atoms with van der Waals surface area (Å²) in [6.45, 7) is 16.1. The number of rotatable bonds is 2. The van der Waals surface area contributed by atoms with Crippen LogP contribution in [-0.4, -0.2) is 5.54 Å². The zero-order valence-electron chi connectivity index (χ0n) is 13.9. The van der Waals surface area contributed by atoms with Crippen LogP contribution in [0.4, 0.5) is 0 Å². The third kappa shape index (κ3) is 4.90. The average Bonchev–Trinajstić information content (AvgIpc) is 2.27. The summed E-state index contributed by atoms with van der Waals surface area (Å²) in [6.07, 6.45) is 0. The molecule has 1 N–H and O–H groups in total. The molecule has 0 aliphatic heterocycles. The van der Waals surface area contributed by atoms with Gasteiger partial charge in [0.1, 0.15) is 0 Å². The summed E-state index contributed by atoms with van der Waals surface area (Å²) in [7, 11) is 0. The molecule has 1 aliphatic carbocycles. The van der Waals surface area contributed by atoms with Gasteiger partial charge in [-0.2, -0.15) is 0 Å². The third-order valence-electron chi connectivity index (χ3n) is 4.00. The van der Waals surface area contributed by atoms with Gasteiger partial charge in [0.15, 0.2) is 0 Å². The van der Waals surface area contributed by atoms with E-state index in [-0.39, 0.29) is 30.4 Å². The molecule has 0 aromatic carbocycles. The number of hydrogen-bond acceptors (Lipinski definition) is 1. The Kier molecular flexibility index (Phi) is 8.27. The molecule has 0 aromatic rings. The van der Waals surface area contributed by atoms with Gasteiger partial charge in [-0.05, 0) is 0 Å². The molecule has 0 bridgehead atoms. The summed E-state index contributed by atoms with van der Waals surface area (Å²) in [6, 6.07) is 0. The van der Waals surface area contributed by atoms with E-state index in [9.17, 15) is 0 Å². The van der Waals surface area contributed by atoms with Crippen molar-refractivity contribution >= 4 is 24.8 Å². The van der Waals surface area contributed by atoms with Crippen molar-refractivity contribution in [2.45, 2.75) is 64.5 Å². The van der Waals surface area contributed by atoms with Crippen LogP contribution in [-0.2, 0) is 16.8 Å². The van der Waals surface area contributed by atoms with Crippen LogP contribution in [0.15, 0.2) is 20.6 Å². The predicted molar refractivity (Wildman–Crippen MR) is 89.4 cm³/mol. The molecule has 1 nitrogen and oxygen atoms in total. The molecule has 19 heavy (non-hydrogen) atoms. The average molecular weight is 344 g/mol. The minimum Gasteiger partial charge on any atom is -0.147 e. The second-order valence-corrected chi connectivity index (χ2v) is 13.4. The van der Waals surface area contributed by atoms with Crippen molar-refractivity contribution in [1.82, 2.24) is 3.80 Å². The molecule has 0 aromatic heterocycles. The Bertz CT molecular complexity index is 389. The van der Waals surface area contributed by atoms with Crippen LogP contribution >= 0.6 is 24.8 Å². The first-order valence-electron chi connectivity index (χ1n) is 6.65. The van der Waals surface area contributed by atoms with E-state index in [0.717, 1.165) is 0 Å². The van der Waals surface area contributed by atoms with Gasteiger partial charge in [0.05, 0.1) is 0 Å². The van der Waals surface area contributed by atoms with Gasteiger partial charge < -0.3 is 0 Å². The second-order valence-electron chi connectivity index (χ2n) is 7.07. The van der Waals surface area contributed by atoms with E-state index in [1.807, 2.05) is 0 Å². The molecule has 1 aliphatic rings. The molecular weight excluding hydrogens is 313 g/mol. The molecule has 0 amide bonds. The van der Waals surface area contributed by atoms with Gasteiger partial charge in [-0.3, -0.25) is 0 Å². The molecule has 1 rings (SSSR count). The molecule has 114 valence electrons. The van der Waals surface area contributed by atoms with E-state index in [2.05, 4.69) is 62.7 Å². The maximum absolute atomic E-state index is 3.94. The van der Waals surface area contributed by atoms with Crippen molar-refractivity contribution in [3.8, 4) is 0 Å². The van der Waals surface area contributed by atoms with Crippen LogP contribution in [0, 0.1) is 5.92 Å². The first-order valence-corrected chi connectivity index (χ1v) is 11.3. The molecule has 0 heterocycles. The number of hydrogen-bond donors (Lipinski definition) is 1. The summed E-state index contributed by atoms with van der Waals surface area (Å²) in [4.78, 5) is 0. The fourth-order valence-electron chi connectivity index (χ4n) is 3.38. The molecule has 0 saturated heterocycles. The van der Waals surface area contributed by atoms with Crippen LogP contribution in [0.5, 0.6) is 0 Å². The Hall–Kier alpha value is 0.734. The largest absolute Gasteiger partial charge is 0.147 e. The quantitative estimate of drug-likeness (QED) is 0.639. The molecule has 1 atom stereocenters. The van der Waals surface area contributed by atoms with Gasteiger partial charge in [-0.1, -0.05) is 0 Å². The first-order chi connectivity index (χ1) is 7.47. The Balaban J connectivity index is 0. The Morgan fingerprint density at radius 2 is 1.37 bits per heavy atom. The molecule has 0 radical (unpaired) electrons. The zero-order chi connectivity index (χ0) is 13.6. The topological polar surface area (TPSA) is 12.0 Å². The maximum Gasteiger partial charge on any atom is -0.147 e. The van der Waals surface area contributed by atoms with E-state index >= 15 is 0 Å². The van der Waals surface area contributed by atoms with Crippen LogP contribution in [0.3, 0.4) is 0 Å². The van der Waals surface area contributed by atoms with E-state index in [4.69, 9.17) is 0 Å². The SMILES string of the molecule is CC1=C(C)C(C)[C]([Ti]([CH3])([CH3])[NH]C(C)(C)C)=C1C.Cl.Cl. The van der Waals surface area contributed by atoms with E-state index in [0.29, 0.717) is 5.92 Å². The van der Waals surface area contributed by atoms with Crippen LogP contribution in [0.1, 0.15) is 48.5 Å². The molecule has 0 spiro atoms. The smallest absolute Gasteiger partial charge is 0.147 e. The Morgan fingerprint density at radius 3 is 1.63 bits per heavy atom. The maximum atomic E-state index is 3.94. The van der Waals surface area contributed by atoms with Crippen molar-refractivity contribution in [3.05, 3.63) is 20.6 Å². The van der Waals surface area contributed by atoms with Crippen molar-refractivity contribution in [2.75, 3.05) is 0 Å². The fourth-order valence-corrected chi connectivity index (χ4v) is 10.3. The van der Waals surface area contributed by atoms with Gasteiger partial charge in [-0.15, -0.1) is 24.8 Å². The monoisotopic (exact) mass is 343 g/mol. The first kappa shape index (κ1) is 22.0. The van der Waals surface area contributed by atoms with Gasteiger partial charge in [0.25, 0.3) is 0 Å². The predicted octanol–water partition coefficient (Wildman–Crippen LogP) is 5.64. The molecule has 4 heteroatoms. The molecule has 1 unspecified atom stereocenters. The summed E-state index contributed by atoms with van der Waals surface area (Å²) >= 11 is -2.08. The molecule has 0 saturated carbocycles. The minimum absolute atomic E-state index is 0. The summed E-state index contributed by atoms with van der Waals surface area (Å²) in [5, 5.41) is 4.99. The van der Waals surface area contributed by atoms with E-state index in [1.165, 1.54) is 5.57 Å². The van der Waals surface area contributed by atoms with Gasteiger partial charge in [0.2, 0.25) is 0 Å². The molecular formula is C15H31Cl2NTi. The van der Waals surface area contributed by atoms with Crippen molar-refractivity contribution < 1.29 is 16.8 Å². The van der Waals surface area contributed by atoms with Gasteiger partial charge >= 0.3 is 112 Å². The fraction of sp³-hybridized carbons (Fsp3) is 0.733. The van der Waals surface area contributed by atoms with Crippen LogP contribution in [0.2, 0.25) is 10.5 Å². The van der Waals surface area contributed by atoms with Gasteiger partial charge in [0, 0.05) is 0 Å². The number of halogens is 2. The minimum atomic E-state index is -2.08. The van der Waals surface area contributed by atoms with Crippen molar-refractivity contribution in [3.63, 3.8) is 0 Å². The van der Waals surface area contributed by atoms with Gasteiger partial charge in [-0.25, -0.2) is 0 Å². The summed E-state index contributed by atoms with van der Waals surface area (Å²) < 4.78 is 5.69. The Labute approximate surface area is 136 Å². The van der Waals surface area contributed by atoms with E-state index < -0.39 is 16.8 Å². The zero-order valence-corrected chi connectivity index (χ0v) is 17.1. The second kappa shape index (κ2) is 7.14. The van der Waals surface area contributed by atoms with Crippen molar-refractivity contribution in [2.24, 2.45) is 5.92 Å². The summed E-state index contributed by atoms with van der Waals surface area (Å²) in [5.74, 6) is 0.653. The normalized spacial score (nSPS) is 20.4. The van der Waals surface area contributed by atoms with Crippen LogP contribution < -0.4 is 3.80 Å². The number of nitrogens with one attached hydrogen (secondary N) is 1. The van der Waals surface area contributed by atoms with Crippen molar-refractivity contribution in [1.29, 1.82) is 0 Å².